The highest BCUT2D eigenvalue weighted by Gasteiger charge is 2.04. The van der Waals surface area contributed by atoms with Crippen molar-refractivity contribution < 1.29 is 4.74 Å². The molecule has 0 aliphatic carbocycles. The van der Waals surface area contributed by atoms with Crippen LogP contribution in [0.15, 0.2) is 41.1 Å². The monoisotopic (exact) mass is 302 g/mol. The molecule has 4 heteroatoms. The Labute approximate surface area is 114 Å². The van der Waals surface area contributed by atoms with E-state index in [9.17, 15) is 0 Å². The Balaban J connectivity index is 2.14. The van der Waals surface area contributed by atoms with Crippen molar-refractivity contribution >= 4 is 15.9 Å². The molecule has 1 heterocycles. The van der Waals surface area contributed by atoms with Gasteiger partial charge in [-0.15, -0.1) is 0 Å². The van der Waals surface area contributed by atoms with E-state index in [1.165, 1.54) is 0 Å². The Bertz CT molecular complexity index is 605. The van der Waals surface area contributed by atoms with E-state index in [0.717, 1.165) is 15.6 Å². The highest BCUT2D eigenvalue weighted by molar-refractivity contribution is 9.10. The predicted octanol–water partition coefficient (Wildman–Crippen LogP) is 3.60. The summed E-state index contributed by atoms with van der Waals surface area (Å²) >= 11 is 3.33. The molecule has 0 aliphatic heterocycles. The molecule has 0 atom stereocenters. The first-order chi connectivity index (χ1) is 8.69. The van der Waals surface area contributed by atoms with Crippen molar-refractivity contribution in [3.63, 3.8) is 0 Å². The number of aromatic nitrogens is 1. The van der Waals surface area contributed by atoms with Crippen LogP contribution < -0.4 is 4.74 Å². The number of nitriles is 1. The smallest absolute Gasteiger partial charge is 0.137 e. The molecule has 2 aromatic rings. The molecule has 18 heavy (non-hydrogen) atoms. The van der Waals surface area contributed by atoms with Gasteiger partial charge in [0.15, 0.2) is 0 Å². The van der Waals surface area contributed by atoms with Gasteiger partial charge in [-0.25, -0.2) is 0 Å². The average Bonchev–Trinajstić information content (AvgIpc) is 2.37. The van der Waals surface area contributed by atoms with Crippen LogP contribution in [0, 0.1) is 18.3 Å². The first kappa shape index (κ1) is 12.6. The molecule has 0 aliphatic rings. The van der Waals surface area contributed by atoms with E-state index in [1.54, 1.807) is 24.5 Å². The second kappa shape index (κ2) is 5.65. The number of ether oxygens (including phenoxy) is 1. The van der Waals surface area contributed by atoms with Crippen LogP contribution in [0.1, 0.15) is 16.7 Å². The van der Waals surface area contributed by atoms with Crippen molar-refractivity contribution in [1.29, 1.82) is 5.26 Å². The molecule has 2 rings (SSSR count). The molecule has 1 aromatic heterocycles. The minimum absolute atomic E-state index is 0.408. The van der Waals surface area contributed by atoms with Gasteiger partial charge in [-0.1, -0.05) is 15.9 Å². The van der Waals surface area contributed by atoms with Crippen molar-refractivity contribution in [2.45, 2.75) is 13.5 Å². The predicted molar refractivity (Wildman–Crippen MR) is 72.2 cm³/mol. The molecule has 0 fully saturated rings. The molecule has 3 nitrogen and oxygen atoms in total. The van der Waals surface area contributed by atoms with Gasteiger partial charge < -0.3 is 4.74 Å². The van der Waals surface area contributed by atoms with E-state index >= 15 is 0 Å². The van der Waals surface area contributed by atoms with Crippen molar-refractivity contribution in [2.24, 2.45) is 0 Å². The standard InChI is InChI=1S/C14H11BrN2O/c1-10-4-11(8-17-7-10)9-18-14-3-2-13(15)5-12(14)6-16/h2-5,7-8H,9H2,1H3. The summed E-state index contributed by atoms with van der Waals surface area (Å²) in [6, 6.07) is 9.50. The van der Waals surface area contributed by atoms with Crippen LogP contribution in [0.5, 0.6) is 5.75 Å². The molecule has 0 bridgehead atoms. The second-order valence-corrected chi connectivity index (χ2v) is 4.83. The highest BCUT2D eigenvalue weighted by Crippen LogP contribution is 2.23. The summed E-state index contributed by atoms with van der Waals surface area (Å²) < 4.78 is 6.51. The first-order valence-corrected chi connectivity index (χ1v) is 6.21. The SMILES string of the molecule is Cc1cncc(COc2ccc(Br)cc2C#N)c1. The maximum Gasteiger partial charge on any atom is 0.137 e. The summed E-state index contributed by atoms with van der Waals surface area (Å²) in [4.78, 5) is 4.10. The third kappa shape index (κ3) is 3.08. The van der Waals surface area contributed by atoms with E-state index in [4.69, 9.17) is 10.00 Å². The Hall–Kier alpha value is -1.86. The number of nitrogens with zero attached hydrogens (tertiary/aromatic N) is 2. The van der Waals surface area contributed by atoms with E-state index in [1.807, 2.05) is 19.1 Å². The third-order valence-corrected chi connectivity index (χ3v) is 2.88. The van der Waals surface area contributed by atoms with E-state index in [2.05, 4.69) is 27.0 Å². The van der Waals surface area contributed by atoms with Crippen LogP contribution >= 0.6 is 15.9 Å². The van der Waals surface area contributed by atoms with E-state index < -0.39 is 0 Å². The van der Waals surface area contributed by atoms with Gasteiger partial charge in [-0.05, 0) is 36.8 Å². The maximum atomic E-state index is 9.02. The van der Waals surface area contributed by atoms with Gasteiger partial charge >= 0.3 is 0 Å². The minimum atomic E-state index is 0.408. The lowest BCUT2D eigenvalue weighted by atomic mass is 10.2. The maximum absolute atomic E-state index is 9.02. The fourth-order valence-electron chi connectivity index (χ4n) is 1.57. The van der Waals surface area contributed by atoms with Crippen molar-refractivity contribution in [2.75, 3.05) is 0 Å². The second-order valence-electron chi connectivity index (χ2n) is 3.91. The fraction of sp³-hybridized carbons (Fsp3) is 0.143. The summed E-state index contributed by atoms with van der Waals surface area (Å²) in [5.74, 6) is 0.585. The summed E-state index contributed by atoms with van der Waals surface area (Å²) in [6.07, 6.45) is 3.56. The molecule has 0 amide bonds. The zero-order valence-electron chi connectivity index (χ0n) is 9.85. The molecule has 1 aromatic carbocycles. The van der Waals surface area contributed by atoms with Crippen LogP contribution in [0.25, 0.3) is 0 Å². The van der Waals surface area contributed by atoms with Crippen LogP contribution in [-0.4, -0.2) is 4.98 Å². The molecule has 0 saturated carbocycles. The van der Waals surface area contributed by atoms with Crippen molar-refractivity contribution in [3.8, 4) is 11.8 Å². The van der Waals surface area contributed by atoms with E-state index in [0.29, 0.717) is 17.9 Å². The number of halogens is 1. The molecular formula is C14H11BrN2O. The normalized spacial score (nSPS) is 9.83. The number of aryl methyl sites for hydroxylation is 1. The first-order valence-electron chi connectivity index (χ1n) is 5.42. The van der Waals surface area contributed by atoms with Crippen LogP contribution in [0.2, 0.25) is 0 Å². The van der Waals surface area contributed by atoms with Crippen LogP contribution in [0.4, 0.5) is 0 Å². The number of pyridine rings is 1. The molecule has 0 radical (unpaired) electrons. The zero-order chi connectivity index (χ0) is 13.0. The Kier molecular flexibility index (Phi) is 3.96. The Morgan fingerprint density at radius 3 is 2.89 bits per heavy atom. The van der Waals surface area contributed by atoms with Crippen molar-refractivity contribution in [1.82, 2.24) is 4.98 Å². The third-order valence-electron chi connectivity index (χ3n) is 2.39. The van der Waals surface area contributed by atoms with Gasteiger partial charge in [0, 0.05) is 22.4 Å². The lowest BCUT2D eigenvalue weighted by molar-refractivity contribution is 0.304. The minimum Gasteiger partial charge on any atom is -0.487 e. The summed E-state index contributed by atoms with van der Waals surface area (Å²) in [5.41, 5.74) is 2.60. The van der Waals surface area contributed by atoms with Gasteiger partial charge in [0.05, 0.1) is 5.56 Å². The average molecular weight is 303 g/mol. The van der Waals surface area contributed by atoms with Gasteiger partial charge in [0.25, 0.3) is 0 Å². The summed E-state index contributed by atoms with van der Waals surface area (Å²) in [5, 5.41) is 9.02. The molecule has 0 unspecified atom stereocenters. The molecular weight excluding hydrogens is 292 g/mol. The van der Waals surface area contributed by atoms with Crippen molar-refractivity contribution in [3.05, 3.63) is 57.8 Å². The zero-order valence-corrected chi connectivity index (χ0v) is 11.4. The highest BCUT2D eigenvalue weighted by atomic mass is 79.9. The number of hydrogen-bond acceptors (Lipinski definition) is 3. The van der Waals surface area contributed by atoms with Crippen LogP contribution in [-0.2, 0) is 6.61 Å². The topological polar surface area (TPSA) is 45.9 Å². The molecule has 0 spiro atoms. The molecule has 90 valence electrons. The number of hydrogen-bond donors (Lipinski definition) is 0. The Morgan fingerprint density at radius 1 is 1.33 bits per heavy atom. The lowest BCUT2D eigenvalue weighted by Gasteiger charge is -2.08. The number of benzene rings is 1. The Morgan fingerprint density at radius 2 is 2.17 bits per heavy atom. The largest absolute Gasteiger partial charge is 0.487 e. The lowest BCUT2D eigenvalue weighted by Crippen LogP contribution is -1.98. The molecule has 0 N–H and O–H groups in total. The molecule has 0 saturated heterocycles. The summed E-state index contributed by atoms with van der Waals surface area (Å²) in [7, 11) is 0. The fourth-order valence-corrected chi connectivity index (χ4v) is 1.93. The van der Waals surface area contributed by atoms with Gasteiger partial charge in [0.1, 0.15) is 18.4 Å². The van der Waals surface area contributed by atoms with Gasteiger partial charge in [-0.2, -0.15) is 5.26 Å². The quantitative estimate of drug-likeness (QED) is 0.870. The van der Waals surface area contributed by atoms with Gasteiger partial charge in [0.2, 0.25) is 0 Å². The summed E-state index contributed by atoms with van der Waals surface area (Å²) in [6.45, 7) is 2.39. The van der Waals surface area contributed by atoms with Gasteiger partial charge in [-0.3, -0.25) is 4.98 Å². The van der Waals surface area contributed by atoms with Crippen LogP contribution in [0.3, 0.4) is 0 Å². The number of rotatable bonds is 3. The van der Waals surface area contributed by atoms with E-state index in [-0.39, 0.29) is 0 Å².